The minimum atomic E-state index is -1.65. The second-order valence-corrected chi connectivity index (χ2v) is 6.82. The molecule has 0 aliphatic heterocycles. The molecule has 0 aromatic carbocycles. The molecule has 0 aromatic heterocycles. The van der Waals surface area contributed by atoms with Crippen molar-refractivity contribution in [2.75, 3.05) is 0 Å². The summed E-state index contributed by atoms with van der Waals surface area (Å²) >= 11 is 0. The van der Waals surface area contributed by atoms with E-state index in [4.69, 9.17) is 0 Å². The number of carbonyl (C=O) groups excluding carboxylic acids is 1. The third kappa shape index (κ3) is 10.3. The zero-order chi connectivity index (χ0) is 17.0. The van der Waals surface area contributed by atoms with Gasteiger partial charge in [-0.2, -0.15) is 0 Å². The first kappa shape index (κ1) is 21.6. The molecule has 132 valence electrons. The number of carbonyl (C=O) groups is 1. The van der Waals surface area contributed by atoms with Crippen molar-refractivity contribution in [1.29, 1.82) is 0 Å². The van der Waals surface area contributed by atoms with Gasteiger partial charge in [-0.25, -0.2) is 0 Å². The molecule has 3 unspecified atom stereocenters. The molecule has 0 saturated heterocycles. The van der Waals surface area contributed by atoms with Crippen molar-refractivity contribution in [3.63, 3.8) is 0 Å². The van der Waals surface area contributed by atoms with Crippen molar-refractivity contribution < 1.29 is 20.1 Å². The summed E-state index contributed by atoms with van der Waals surface area (Å²) in [5.74, 6) is -0.576. The van der Waals surface area contributed by atoms with Crippen molar-refractivity contribution in [2.24, 2.45) is 0 Å². The monoisotopic (exact) mass is 316 g/mol. The first-order valence-corrected chi connectivity index (χ1v) is 8.94. The predicted octanol–water partition coefficient (Wildman–Crippen LogP) is 3.36. The lowest BCUT2D eigenvalue weighted by Crippen LogP contribution is -2.44. The van der Waals surface area contributed by atoms with E-state index in [1.165, 1.54) is 52.4 Å². The summed E-state index contributed by atoms with van der Waals surface area (Å²) in [4.78, 5) is 12.0. The van der Waals surface area contributed by atoms with Crippen molar-refractivity contribution in [2.45, 2.75) is 109 Å². The summed E-state index contributed by atoms with van der Waals surface area (Å²) in [5.41, 5.74) is -1.65. The van der Waals surface area contributed by atoms with Gasteiger partial charge >= 0.3 is 0 Å². The molecule has 4 heteroatoms. The van der Waals surface area contributed by atoms with E-state index in [0.717, 1.165) is 19.3 Å². The minimum absolute atomic E-state index is 0.0410. The zero-order valence-electron chi connectivity index (χ0n) is 14.7. The Hall–Kier alpha value is -0.450. The van der Waals surface area contributed by atoms with E-state index in [9.17, 15) is 20.1 Å². The maximum absolute atomic E-state index is 12.0. The molecule has 0 amide bonds. The van der Waals surface area contributed by atoms with Crippen LogP contribution < -0.4 is 0 Å². The van der Waals surface area contributed by atoms with Gasteiger partial charge in [-0.1, -0.05) is 64.7 Å². The second-order valence-electron chi connectivity index (χ2n) is 6.82. The molecule has 0 heterocycles. The zero-order valence-corrected chi connectivity index (χ0v) is 14.7. The van der Waals surface area contributed by atoms with Gasteiger partial charge in [-0.05, 0) is 20.3 Å². The van der Waals surface area contributed by atoms with E-state index >= 15 is 0 Å². The number of unbranched alkanes of at least 4 members (excludes halogenated alkanes) is 8. The third-order valence-corrected chi connectivity index (χ3v) is 4.11. The Balaban J connectivity index is 3.72. The highest BCUT2D eigenvalue weighted by Crippen LogP contribution is 2.19. The van der Waals surface area contributed by atoms with Crippen LogP contribution in [0.2, 0.25) is 0 Å². The Kier molecular flexibility index (Phi) is 11.8. The van der Waals surface area contributed by atoms with E-state index in [2.05, 4.69) is 6.92 Å². The van der Waals surface area contributed by atoms with Gasteiger partial charge in [-0.15, -0.1) is 0 Å². The van der Waals surface area contributed by atoms with E-state index in [0.29, 0.717) is 6.42 Å². The standard InChI is InChI=1S/C18H36O4/c1-4-5-6-7-8-9-10-11-12-13-16(20)17(21)18(3,22)14-15(2)19/h15-16,19-20,22H,4-14H2,1-3H3. The van der Waals surface area contributed by atoms with Crippen LogP contribution in [0.5, 0.6) is 0 Å². The predicted molar refractivity (Wildman–Crippen MR) is 89.8 cm³/mol. The highest BCUT2D eigenvalue weighted by molar-refractivity contribution is 5.90. The fourth-order valence-electron chi connectivity index (χ4n) is 2.81. The highest BCUT2D eigenvalue weighted by atomic mass is 16.3. The first-order valence-electron chi connectivity index (χ1n) is 8.94. The third-order valence-electron chi connectivity index (χ3n) is 4.11. The van der Waals surface area contributed by atoms with E-state index in [-0.39, 0.29) is 6.42 Å². The number of hydrogen-bond acceptors (Lipinski definition) is 4. The van der Waals surface area contributed by atoms with Crippen molar-refractivity contribution in [1.82, 2.24) is 0 Å². The molecule has 4 nitrogen and oxygen atoms in total. The van der Waals surface area contributed by atoms with Crippen LogP contribution in [-0.2, 0) is 4.79 Å². The average Bonchev–Trinajstić information content (AvgIpc) is 2.43. The van der Waals surface area contributed by atoms with E-state index in [1.807, 2.05) is 0 Å². The Morgan fingerprint density at radius 3 is 1.86 bits per heavy atom. The average molecular weight is 316 g/mol. The Morgan fingerprint density at radius 1 is 0.955 bits per heavy atom. The molecule has 0 saturated carbocycles. The molecule has 0 fully saturated rings. The lowest BCUT2D eigenvalue weighted by Gasteiger charge is -2.25. The second kappa shape index (κ2) is 12.0. The number of hydrogen-bond donors (Lipinski definition) is 3. The lowest BCUT2D eigenvalue weighted by molar-refractivity contribution is -0.147. The maximum atomic E-state index is 12.0. The van der Waals surface area contributed by atoms with Gasteiger partial charge in [0.15, 0.2) is 5.78 Å². The van der Waals surface area contributed by atoms with Gasteiger partial charge in [-0.3, -0.25) is 4.79 Å². The fourth-order valence-corrected chi connectivity index (χ4v) is 2.81. The van der Waals surface area contributed by atoms with Gasteiger partial charge in [0.1, 0.15) is 11.7 Å². The summed E-state index contributed by atoms with van der Waals surface area (Å²) in [6.07, 6.45) is 9.10. The molecular weight excluding hydrogens is 280 g/mol. The largest absolute Gasteiger partial charge is 0.393 e. The number of ketones is 1. The number of aliphatic hydroxyl groups excluding tert-OH is 2. The van der Waals surface area contributed by atoms with Crippen molar-refractivity contribution in [3.8, 4) is 0 Å². The van der Waals surface area contributed by atoms with Crippen LogP contribution in [0.4, 0.5) is 0 Å². The number of rotatable bonds is 14. The fraction of sp³-hybridized carbons (Fsp3) is 0.944. The Bertz CT molecular complexity index is 287. The molecule has 0 aliphatic rings. The SMILES string of the molecule is CCCCCCCCCCCC(O)C(=O)C(C)(O)CC(C)O. The first-order chi connectivity index (χ1) is 10.3. The number of Topliss-reactive ketones (excluding diaryl/α,β-unsaturated/α-hetero) is 1. The number of aliphatic hydroxyl groups is 3. The van der Waals surface area contributed by atoms with Crippen molar-refractivity contribution >= 4 is 5.78 Å². The van der Waals surface area contributed by atoms with Gasteiger partial charge in [0.2, 0.25) is 0 Å². The molecular formula is C18H36O4. The molecule has 3 atom stereocenters. The highest BCUT2D eigenvalue weighted by Gasteiger charge is 2.35. The van der Waals surface area contributed by atoms with Crippen LogP contribution in [-0.4, -0.2) is 38.9 Å². The lowest BCUT2D eigenvalue weighted by atomic mass is 9.89. The summed E-state index contributed by atoms with van der Waals surface area (Å²) < 4.78 is 0. The van der Waals surface area contributed by atoms with E-state index in [1.54, 1.807) is 0 Å². The quantitative estimate of drug-likeness (QED) is 0.429. The van der Waals surface area contributed by atoms with Gasteiger partial charge in [0, 0.05) is 6.42 Å². The van der Waals surface area contributed by atoms with Crippen LogP contribution in [0.1, 0.15) is 91.4 Å². The molecule has 0 aromatic rings. The summed E-state index contributed by atoms with van der Waals surface area (Å²) in [5, 5.41) is 29.1. The minimum Gasteiger partial charge on any atom is -0.393 e. The molecule has 22 heavy (non-hydrogen) atoms. The molecule has 0 aliphatic carbocycles. The Morgan fingerprint density at radius 2 is 1.41 bits per heavy atom. The van der Waals surface area contributed by atoms with Crippen LogP contribution in [0.15, 0.2) is 0 Å². The van der Waals surface area contributed by atoms with E-state index < -0.39 is 23.6 Å². The Labute approximate surface area is 135 Å². The molecule has 3 N–H and O–H groups in total. The summed E-state index contributed by atoms with van der Waals surface area (Å²) in [6.45, 7) is 5.10. The topological polar surface area (TPSA) is 77.8 Å². The normalized spacial score (nSPS) is 17.0. The van der Waals surface area contributed by atoms with Crippen LogP contribution in [0.25, 0.3) is 0 Å². The molecule has 0 spiro atoms. The summed E-state index contributed by atoms with van der Waals surface area (Å²) in [6, 6.07) is 0. The maximum Gasteiger partial charge on any atom is 0.192 e. The van der Waals surface area contributed by atoms with Gasteiger partial charge in [0.05, 0.1) is 6.10 Å². The van der Waals surface area contributed by atoms with Crippen LogP contribution >= 0.6 is 0 Å². The smallest absolute Gasteiger partial charge is 0.192 e. The molecule has 0 rings (SSSR count). The van der Waals surface area contributed by atoms with Gasteiger partial charge < -0.3 is 15.3 Å². The summed E-state index contributed by atoms with van der Waals surface area (Å²) in [7, 11) is 0. The van der Waals surface area contributed by atoms with Gasteiger partial charge in [0.25, 0.3) is 0 Å². The molecule has 0 bridgehead atoms. The van der Waals surface area contributed by atoms with Crippen LogP contribution in [0, 0.1) is 0 Å². The molecule has 0 radical (unpaired) electrons. The van der Waals surface area contributed by atoms with Crippen LogP contribution in [0.3, 0.4) is 0 Å². The van der Waals surface area contributed by atoms with Crippen molar-refractivity contribution in [3.05, 3.63) is 0 Å².